The van der Waals surface area contributed by atoms with Crippen LogP contribution in [0.1, 0.15) is 0 Å². The molecule has 2 rings (SSSR count). The van der Waals surface area contributed by atoms with E-state index in [2.05, 4.69) is 9.97 Å². The fourth-order valence-corrected chi connectivity index (χ4v) is 1.23. The molecule has 0 unspecified atom stereocenters. The molecule has 0 aliphatic rings. The van der Waals surface area contributed by atoms with Crippen LogP contribution in [0.4, 0.5) is 0 Å². The van der Waals surface area contributed by atoms with Crippen molar-refractivity contribution in [1.82, 2.24) is 9.97 Å². The largest absolute Gasteiger partial charge is 0.454 e. The highest BCUT2D eigenvalue weighted by Gasteiger charge is 1.98. The molecule has 0 aliphatic carbocycles. The standard InChI is InChI=1S/C10H7ClN2O2/c11-7-2-1-3-8(4-7)15-9-5-12-10(14)13-6-9/h1-6H,(H,12,13,14). The van der Waals surface area contributed by atoms with Gasteiger partial charge in [-0.2, -0.15) is 4.98 Å². The number of ether oxygens (including phenoxy) is 1. The van der Waals surface area contributed by atoms with E-state index in [-0.39, 0.29) is 0 Å². The first-order valence-electron chi connectivity index (χ1n) is 4.22. The van der Waals surface area contributed by atoms with Gasteiger partial charge in [0.15, 0.2) is 5.75 Å². The van der Waals surface area contributed by atoms with E-state index in [0.717, 1.165) is 0 Å². The summed E-state index contributed by atoms with van der Waals surface area (Å²) in [4.78, 5) is 16.6. The van der Waals surface area contributed by atoms with Crippen molar-refractivity contribution in [2.75, 3.05) is 0 Å². The van der Waals surface area contributed by atoms with Gasteiger partial charge in [0.25, 0.3) is 0 Å². The highest BCUT2D eigenvalue weighted by atomic mass is 35.5. The molecule has 0 saturated heterocycles. The molecule has 5 heteroatoms. The average molecular weight is 223 g/mol. The van der Waals surface area contributed by atoms with Gasteiger partial charge < -0.3 is 9.72 Å². The maximum atomic E-state index is 10.7. The lowest BCUT2D eigenvalue weighted by Crippen LogP contribution is -2.07. The van der Waals surface area contributed by atoms with Crippen molar-refractivity contribution in [3.05, 3.63) is 52.2 Å². The molecule has 15 heavy (non-hydrogen) atoms. The minimum atomic E-state index is -0.409. The fourth-order valence-electron chi connectivity index (χ4n) is 1.05. The molecule has 1 N–H and O–H groups in total. The number of hydrogen-bond acceptors (Lipinski definition) is 3. The van der Waals surface area contributed by atoms with Crippen molar-refractivity contribution in [3.63, 3.8) is 0 Å². The highest BCUT2D eigenvalue weighted by molar-refractivity contribution is 6.30. The van der Waals surface area contributed by atoms with Gasteiger partial charge >= 0.3 is 5.69 Å². The molecule has 0 radical (unpaired) electrons. The summed E-state index contributed by atoms with van der Waals surface area (Å²) >= 11 is 5.78. The van der Waals surface area contributed by atoms with Gasteiger partial charge in [0.05, 0.1) is 12.4 Å². The third kappa shape index (κ3) is 2.57. The Kier molecular flexibility index (Phi) is 2.69. The molecular formula is C10H7ClN2O2. The van der Waals surface area contributed by atoms with Gasteiger partial charge in [-0.1, -0.05) is 17.7 Å². The Labute approximate surface area is 90.5 Å². The molecule has 0 aliphatic heterocycles. The summed E-state index contributed by atoms with van der Waals surface area (Å²) in [7, 11) is 0. The van der Waals surface area contributed by atoms with E-state index < -0.39 is 5.69 Å². The number of nitrogens with one attached hydrogen (secondary N) is 1. The molecule has 76 valence electrons. The van der Waals surface area contributed by atoms with Crippen LogP contribution in [-0.2, 0) is 0 Å². The Morgan fingerprint density at radius 1 is 1.33 bits per heavy atom. The van der Waals surface area contributed by atoms with Crippen molar-refractivity contribution in [2.45, 2.75) is 0 Å². The van der Waals surface area contributed by atoms with Gasteiger partial charge in [0.1, 0.15) is 5.75 Å². The molecule has 0 fully saturated rings. The zero-order valence-corrected chi connectivity index (χ0v) is 8.36. The molecular weight excluding hydrogens is 216 g/mol. The van der Waals surface area contributed by atoms with Crippen LogP contribution in [0.3, 0.4) is 0 Å². The molecule has 0 amide bonds. The van der Waals surface area contributed by atoms with Crippen molar-refractivity contribution in [1.29, 1.82) is 0 Å². The molecule has 2 aromatic rings. The van der Waals surface area contributed by atoms with Crippen LogP contribution in [-0.4, -0.2) is 9.97 Å². The molecule has 0 spiro atoms. The number of halogens is 1. The Morgan fingerprint density at radius 2 is 2.20 bits per heavy atom. The third-order valence-electron chi connectivity index (χ3n) is 1.68. The topological polar surface area (TPSA) is 55.0 Å². The van der Waals surface area contributed by atoms with E-state index in [9.17, 15) is 4.79 Å². The Hall–Kier alpha value is -1.81. The van der Waals surface area contributed by atoms with E-state index in [1.807, 2.05) is 0 Å². The van der Waals surface area contributed by atoms with Gasteiger partial charge in [-0.15, -0.1) is 0 Å². The lowest BCUT2D eigenvalue weighted by atomic mass is 10.3. The summed E-state index contributed by atoms with van der Waals surface area (Å²) in [6.45, 7) is 0. The normalized spacial score (nSPS) is 9.93. The molecule has 1 heterocycles. The minimum absolute atomic E-state index is 0.409. The zero-order valence-electron chi connectivity index (χ0n) is 7.61. The maximum Gasteiger partial charge on any atom is 0.345 e. The van der Waals surface area contributed by atoms with Crippen LogP contribution < -0.4 is 10.4 Å². The monoisotopic (exact) mass is 222 g/mol. The molecule has 1 aromatic heterocycles. The second kappa shape index (κ2) is 4.14. The van der Waals surface area contributed by atoms with Gasteiger partial charge in [-0.05, 0) is 18.2 Å². The van der Waals surface area contributed by atoms with Crippen LogP contribution in [0.25, 0.3) is 0 Å². The number of aromatic nitrogens is 2. The zero-order chi connectivity index (χ0) is 10.7. The smallest absolute Gasteiger partial charge is 0.345 e. The van der Waals surface area contributed by atoms with E-state index >= 15 is 0 Å². The fraction of sp³-hybridized carbons (Fsp3) is 0. The first-order chi connectivity index (χ1) is 7.24. The van der Waals surface area contributed by atoms with Gasteiger partial charge in [-0.25, -0.2) is 4.79 Å². The van der Waals surface area contributed by atoms with E-state index in [1.165, 1.54) is 12.4 Å². The Bertz CT molecular complexity index is 504. The predicted octanol–water partition coefficient (Wildman–Crippen LogP) is 2.22. The van der Waals surface area contributed by atoms with Crippen LogP contribution in [0.5, 0.6) is 11.5 Å². The number of nitrogens with zero attached hydrogens (tertiary/aromatic N) is 1. The summed E-state index contributed by atoms with van der Waals surface area (Å²) in [5.74, 6) is 1.05. The summed E-state index contributed by atoms with van der Waals surface area (Å²) in [5, 5.41) is 0.588. The first kappa shape index (κ1) is 9.73. The highest BCUT2D eigenvalue weighted by Crippen LogP contribution is 2.22. The van der Waals surface area contributed by atoms with Crippen LogP contribution in [0.2, 0.25) is 5.02 Å². The van der Waals surface area contributed by atoms with Crippen molar-refractivity contribution in [3.8, 4) is 11.5 Å². The number of hydrogen-bond donors (Lipinski definition) is 1. The lowest BCUT2D eigenvalue weighted by Gasteiger charge is -2.03. The summed E-state index contributed by atoms with van der Waals surface area (Å²) in [5.41, 5.74) is -0.409. The number of aromatic amines is 1. The number of H-pyrrole nitrogens is 1. The number of rotatable bonds is 2. The second-order valence-corrected chi connectivity index (χ2v) is 3.25. The maximum absolute atomic E-state index is 10.7. The molecule has 0 atom stereocenters. The van der Waals surface area contributed by atoms with Gasteiger partial charge in [0.2, 0.25) is 0 Å². The summed E-state index contributed by atoms with van der Waals surface area (Å²) in [6.07, 6.45) is 2.79. The quantitative estimate of drug-likeness (QED) is 0.848. The summed E-state index contributed by atoms with van der Waals surface area (Å²) < 4.78 is 5.40. The average Bonchev–Trinajstić information content (AvgIpc) is 2.22. The number of benzene rings is 1. The van der Waals surface area contributed by atoms with Crippen molar-refractivity contribution < 1.29 is 4.74 Å². The van der Waals surface area contributed by atoms with Crippen molar-refractivity contribution >= 4 is 11.6 Å². The minimum Gasteiger partial charge on any atom is -0.454 e. The van der Waals surface area contributed by atoms with Gasteiger partial charge in [-0.3, -0.25) is 0 Å². The summed E-state index contributed by atoms with van der Waals surface area (Å²) in [6, 6.07) is 6.96. The SMILES string of the molecule is O=c1ncc(Oc2cccc(Cl)c2)c[nH]1. The molecule has 0 saturated carbocycles. The predicted molar refractivity (Wildman–Crippen MR) is 56.4 cm³/mol. The van der Waals surface area contributed by atoms with E-state index in [1.54, 1.807) is 24.3 Å². The molecule has 4 nitrogen and oxygen atoms in total. The van der Waals surface area contributed by atoms with E-state index in [4.69, 9.17) is 16.3 Å². The van der Waals surface area contributed by atoms with E-state index in [0.29, 0.717) is 16.5 Å². The molecule has 0 bridgehead atoms. The van der Waals surface area contributed by atoms with Gasteiger partial charge in [0, 0.05) is 5.02 Å². The van der Waals surface area contributed by atoms with Crippen LogP contribution in [0.15, 0.2) is 41.5 Å². The Morgan fingerprint density at radius 3 is 2.87 bits per heavy atom. The molecule has 1 aromatic carbocycles. The van der Waals surface area contributed by atoms with Crippen LogP contribution >= 0.6 is 11.6 Å². The van der Waals surface area contributed by atoms with Crippen molar-refractivity contribution in [2.24, 2.45) is 0 Å². The second-order valence-electron chi connectivity index (χ2n) is 2.81. The first-order valence-corrected chi connectivity index (χ1v) is 4.60. The Balaban J connectivity index is 2.22. The lowest BCUT2D eigenvalue weighted by molar-refractivity contribution is 0.476. The van der Waals surface area contributed by atoms with Crippen LogP contribution in [0, 0.1) is 0 Å². The third-order valence-corrected chi connectivity index (χ3v) is 1.91.